The second-order valence-corrected chi connectivity index (χ2v) is 14.2. The zero-order valence-corrected chi connectivity index (χ0v) is 25.3. The number of aliphatic carboxylic acids is 1. The molecule has 3 aromatic rings. The number of aryl methyl sites for hydroxylation is 1. The van der Waals surface area contributed by atoms with Gasteiger partial charge in [0.15, 0.2) is 0 Å². The van der Waals surface area contributed by atoms with Gasteiger partial charge in [0, 0.05) is 32.5 Å². The van der Waals surface area contributed by atoms with E-state index < -0.39 is 22.0 Å². The van der Waals surface area contributed by atoms with Crippen LogP contribution in [0, 0.1) is 11.8 Å². The SMILES string of the molecule is CC1CNc2c(cc(CCC(=O)O)cc2S(=O)(=O)N[C@@H](Cc2nc3ccccc3s2)C(=O)N2CCC(CCF)CC2)C1. The molecule has 2 atom stereocenters. The average molecular weight is 617 g/mol. The smallest absolute Gasteiger partial charge is 0.303 e. The van der Waals surface area contributed by atoms with Crippen LogP contribution in [0.1, 0.15) is 48.7 Å². The van der Waals surface area contributed by atoms with E-state index in [0.29, 0.717) is 61.6 Å². The number of aromatic nitrogens is 1. The molecular weight excluding hydrogens is 579 g/mol. The Kier molecular flexibility index (Phi) is 9.44. The zero-order valence-electron chi connectivity index (χ0n) is 23.6. The topological polar surface area (TPSA) is 129 Å². The first kappa shape index (κ1) is 30.4. The maximum Gasteiger partial charge on any atom is 0.303 e. The van der Waals surface area contributed by atoms with E-state index in [-0.39, 0.29) is 48.6 Å². The number of fused-ring (bicyclic) bond motifs is 2. The molecule has 226 valence electrons. The van der Waals surface area contributed by atoms with E-state index in [1.54, 1.807) is 4.90 Å². The number of amides is 1. The number of halogens is 1. The molecular formula is C30H37FN4O5S2. The molecule has 2 aromatic carbocycles. The number of anilines is 1. The first-order valence-corrected chi connectivity index (χ1v) is 16.8. The molecule has 1 fully saturated rings. The minimum Gasteiger partial charge on any atom is -0.481 e. The molecule has 0 radical (unpaired) electrons. The number of benzene rings is 2. The highest BCUT2D eigenvalue weighted by molar-refractivity contribution is 7.89. The molecule has 3 heterocycles. The van der Waals surface area contributed by atoms with E-state index in [0.717, 1.165) is 15.8 Å². The lowest BCUT2D eigenvalue weighted by atomic mass is 9.93. The second-order valence-electron chi connectivity index (χ2n) is 11.4. The van der Waals surface area contributed by atoms with Crippen molar-refractivity contribution >= 4 is 49.1 Å². The van der Waals surface area contributed by atoms with Crippen molar-refractivity contribution in [1.29, 1.82) is 0 Å². The van der Waals surface area contributed by atoms with Gasteiger partial charge in [0.2, 0.25) is 15.9 Å². The molecule has 1 saturated heterocycles. The largest absolute Gasteiger partial charge is 0.481 e. The Morgan fingerprint density at radius 1 is 1.24 bits per heavy atom. The summed E-state index contributed by atoms with van der Waals surface area (Å²) >= 11 is 1.43. The van der Waals surface area contributed by atoms with Gasteiger partial charge in [-0.15, -0.1) is 11.3 Å². The highest BCUT2D eigenvalue weighted by Gasteiger charge is 2.34. The first-order valence-electron chi connectivity index (χ1n) is 14.5. The van der Waals surface area contributed by atoms with Crippen LogP contribution in [0.25, 0.3) is 10.2 Å². The summed E-state index contributed by atoms with van der Waals surface area (Å²) in [6, 6.07) is 9.93. The Bertz CT molecular complexity index is 1520. The molecule has 0 spiro atoms. The Morgan fingerprint density at radius 3 is 2.71 bits per heavy atom. The Morgan fingerprint density at radius 2 is 2.00 bits per heavy atom. The summed E-state index contributed by atoms with van der Waals surface area (Å²) in [4.78, 5) is 31.5. The van der Waals surface area contributed by atoms with E-state index >= 15 is 0 Å². The van der Waals surface area contributed by atoms with Crippen molar-refractivity contribution in [2.45, 2.75) is 62.8 Å². The van der Waals surface area contributed by atoms with E-state index in [2.05, 4.69) is 21.9 Å². The molecule has 3 N–H and O–H groups in total. The number of alkyl halides is 1. The van der Waals surface area contributed by atoms with E-state index in [1.807, 2.05) is 30.3 Å². The van der Waals surface area contributed by atoms with Gasteiger partial charge in [-0.25, -0.2) is 13.4 Å². The number of thiazole rings is 1. The lowest BCUT2D eigenvalue weighted by Gasteiger charge is -2.34. The standard InChI is InChI=1S/C30H37FN4O5S2/c1-19-14-22-15-21(6-7-28(36)37)16-26(29(22)32-18-19)42(39,40)34-24(17-27-33-23-4-2-3-5-25(23)41-27)30(38)35-12-9-20(8-11-31)10-13-35/h2-5,15-16,19-20,24,32,34H,6-14,17-18H2,1H3,(H,36,37)/t19?,24-/m0/s1. The van der Waals surface area contributed by atoms with E-state index in [1.165, 1.54) is 17.4 Å². The number of para-hydroxylation sites is 1. The Hall–Kier alpha value is -3.09. The Balaban J connectivity index is 1.46. The van der Waals surface area contributed by atoms with Gasteiger partial charge in [-0.2, -0.15) is 4.72 Å². The van der Waals surface area contributed by atoms with Crippen molar-refractivity contribution in [3.05, 3.63) is 52.5 Å². The van der Waals surface area contributed by atoms with Crippen LogP contribution >= 0.6 is 11.3 Å². The van der Waals surface area contributed by atoms with Gasteiger partial charge in [-0.1, -0.05) is 25.1 Å². The van der Waals surface area contributed by atoms with Gasteiger partial charge in [0.1, 0.15) is 10.9 Å². The highest BCUT2D eigenvalue weighted by Crippen LogP contribution is 2.34. The lowest BCUT2D eigenvalue weighted by Crippen LogP contribution is -2.51. The maximum atomic E-state index is 14.1. The number of hydrogen-bond acceptors (Lipinski definition) is 7. The summed E-state index contributed by atoms with van der Waals surface area (Å²) in [5.74, 6) is -0.788. The summed E-state index contributed by atoms with van der Waals surface area (Å²) < 4.78 is 44.7. The van der Waals surface area contributed by atoms with Crippen molar-refractivity contribution in [1.82, 2.24) is 14.6 Å². The van der Waals surface area contributed by atoms with Crippen LogP contribution < -0.4 is 10.0 Å². The third-order valence-electron chi connectivity index (χ3n) is 8.11. The van der Waals surface area contributed by atoms with Crippen molar-refractivity contribution in [2.24, 2.45) is 11.8 Å². The van der Waals surface area contributed by atoms with Crippen LogP contribution in [0.2, 0.25) is 0 Å². The van der Waals surface area contributed by atoms with Crippen LogP contribution in [0.4, 0.5) is 10.1 Å². The normalized spacial score (nSPS) is 18.4. The lowest BCUT2D eigenvalue weighted by molar-refractivity contribution is -0.137. The van der Waals surface area contributed by atoms with Crippen molar-refractivity contribution in [3.63, 3.8) is 0 Å². The number of carboxylic acid groups (broad SMARTS) is 1. The monoisotopic (exact) mass is 616 g/mol. The summed E-state index contributed by atoms with van der Waals surface area (Å²) in [6.07, 6.45) is 2.65. The van der Waals surface area contributed by atoms with Crippen molar-refractivity contribution < 1.29 is 27.5 Å². The molecule has 2 aliphatic heterocycles. The molecule has 2 aliphatic rings. The van der Waals surface area contributed by atoms with Crippen molar-refractivity contribution in [3.8, 4) is 0 Å². The third-order valence-corrected chi connectivity index (χ3v) is 10.7. The highest BCUT2D eigenvalue weighted by atomic mass is 32.2. The fraction of sp³-hybridized carbons (Fsp3) is 0.500. The number of carbonyl (C=O) groups is 2. The molecule has 0 aliphatic carbocycles. The predicted molar refractivity (Wildman–Crippen MR) is 161 cm³/mol. The van der Waals surface area contributed by atoms with Gasteiger partial charge < -0.3 is 15.3 Å². The van der Waals surface area contributed by atoms with Gasteiger partial charge in [-0.05, 0) is 73.3 Å². The fourth-order valence-electron chi connectivity index (χ4n) is 5.86. The molecule has 1 aromatic heterocycles. The molecule has 5 rings (SSSR count). The number of carboxylic acids is 1. The quantitative estimate of drug-likeness (QED) is 0.291. The summed E-state index contributed by atoms with van der Waals surface area (Å²) in [5, 5.41) is 13.1. The van der Waals surface area contributed by atoms with Crippen LogP contribution in [0.15, 0.2) is 41.3 Å². The molecule has 1 amide bonds. The molecule has 9 nitrogen and oxygen atoms in total. The van der Waals surface area contributed by atoms with Crippen molar-refractivity contribution in [2.75, 3.05) is 31.6 Å². The second kappa shape index (κ2) is 13.0. The number of rotatable bonds is 11. The van der Waals surface area contributed by atoms with Gasteiger partial charge in [-0.3, -0.25) is 14.0 Å². The molecule has 0 saturated carbocycles. The summed E-state index contributed by atoms with van der Waals surface area (Å²) in [7, 11) is -4.21. The molecule has 1 unspecified atom stereocenters. The number of nitrogens with one attached hydrogen (secondary N) is 2. The van der Waals surface area contributed by atoms with Gasteiger partial charge in [0.05, 0.1) is 27.6 Å². The van der Waals surface area contributed by atoms with E-state index in [9.17, 15) is 27.5 Å². The molecule has 0 bridgehead atoms. The minimum absolute atomic E-state index is 0.0241. The number of piperidine rings is 1. The van der Waals surface area contributed by atoms with Crippen LogP contribution in [0.3, 0.4) is 0 Å². The average Bonchev–Trinajstić information content (AvgIpc) is 3.37. The first-order chi connectivity index (χ1) is 20.1. The predicted octanol–water partition coefficient (Wildman–Crippen LogP) is 4.41. The van der Waals surface area contributed by atoms with E-state index in [4.69, 9.17) is 0 Å². The number of carbonyl (C=O) groups excluding carboxylic acids is 1. The van der Waals surface area contributed by atoms with Gasteiger partial charge in [0.25, 0.3) is 0 Å². The minimum atomic E-state index is -4.21. The number of nitrogens with zero attached hydrogens (tertiary/aromatic N) is 2. The summed E-state index contributed by atoms with van der Waals surface area (Å²) in [5.41, 5.74) is 2.73. The molecule has 42 heavy (non-hydrogen) atoms. The zero-order chi connectivity index (χ0) is 29.9. The van der Waals surface area contributed by atoms with Crippen LogP contribution in [0.5, 0.6) is 0 Å². The fourth-order valence-corrected chi connectivity index (χ4v) is 8.34. The number of likely N-dealkylation sites (tertiary alicyclic amines) is 1. The Labute approximate surface area is 249 Å². The maximum absolute atomic E-state index is 14.1. The summed E-state index contributed by atoms with van der Waals surface area (Å²) in [6.45, 7) is 3.17. The third kappa shape index (κ3) is 7.09. The molecule has 12 heteroatoms. The van der Waals surface area contributed by atoms with Gasteiger partial charge >= 0.3 is 5.97 Å². The van der Waals surface area contributed by atoms with Crippen LogP contribution in [-0.4, -0.2) is 67.6 Å². The van der Waals surface area contributed by atoms with Crippen LogP contribution in [-0.2, 0) is 38.9 Å². The number of hydrogen-bond donors (Lipinski definition) is 3. The number of sulfonamides is 1.